The molecule has 2 aromatic rings. The molecule has 0 radical (unpaired) electrons. The topological polar surface area (TPSA) is 71.0 Å². The Morgan fingerprint density at radius 3 is 2.92 bits per heavy atom. The van der Waals surface area contributed by atoms with Crippen molar-refractivity contribution in [1.29, 1.82) is 0 Å². The van der Waals surface area contributed by atoms with Crippen molar-refractivity contribution >= 4 is 5.91 Å². The van der Waals surface area contributed by atoms with E-state index in [-0.39, 0.29) is 11.9 Å². The molecule has 6 heteroatoms. The Bertz CT molecular complexity index is 721. The van der Waals surface area contributed by atoms with Crippen molar-refractivity contribution in [3.63, 3.8) is 0 Å². The van der Waals surface area contributed by atoms with Crippen molar-refractivity contribution in [2.75, 3.05) is 19.6 Å². The molecule has 1 atom stereocenters. The average molecular weight is 339 g/mol. The number of benzene rings is 1. The van der Waals surface area contributed by atoms with E-state index in [2.05, 4.69) is 21.0 Å². The lowest BCUT2D eigenvalue weighted by Crippen LogP contribution is -2.40. The summed E-state index contributed by atoms with van der Waals surface area (Å²) >= 11 is 0. The van der Waals surface area contributed by atoms with E-state index >= 15 is 0 Å². The Labute approximate surface area is 148 Å². The Hall–Kier alpha value is -2.18. The molecule has 0 unspecified atom stereocenters. The zero-order chi connectivity index (χ0) is 17.1. The van der Waals surface area contributed by atoms with Crippen LogP contribution in [0, 0.1) is 5.41 Å². The monoisotopic (exact) mass is 339 g/mol. The molecule has 6 nitrogen and oxygen atoms in total. The first-order valence-corrected chi connectivity index (χ1v) is 9.06. The lowest BCUT2D eigenvalue weighted by atomic mass is 9.77. The molecule has 2 fully saturated rings. The molecule has 1 amide bonds. The fourth-order valence-corrected chi connectivity index (χ4v) is 4.04. The SMILES string of the molecule is O=C(NCc1ccccc1-n1cccn1)[C@@H]1CC2(CCNCC2)CN1. The van der Waals surface area contributed by atoms with E-state index in [4.69, 9.17) is 0 Å². The number of rotatable bonds is 4. The van der Waals surface area contributed by atoms with Crippen LogP contribution in [0.3, 0.4) is 0 Å². The van der Waals surface area contributed by atoms with Crippen molar-refractivity contribution < 1.29 is 4.79 Å². The number of hydrogen-bond acceptors (Lipinski definition) is 4. The van der Waals surface area contributed by atoms with Crippen LogP contribution in [0.15, 0.2) is 42.7 Å². The molecule has 1 aromatic carbocycles. The van der Waals surface area contributed by atoms with Crippen LogP contribution in [0.5, 0.6) is 0 Å². The highest BCUT2D eigenvalue weighted by Gasteiger charge is 2.41. The fourth-order valence-electron chi connectivity index (χ4n) is 4.04. The highest BCUT2D eigenvalue weighted by atomic mass is 16.2. The highest BCUT2D eigenvalue weighted by Crippen LogP contribution is 2.37. The summed E-state index contributed by atoms with van der Waals surface area (Å²) in [6.45, 7) is 3.60. The van der Waals surface area contributed by atoms with Crippen LogP contribution in [0.2, 0.25) is 0 Å². The van der Waals surface area contributed by atoms with Gasteiger partial charge in [0.25, 0.3) is 0 Å². The van der Waals surface area contributed by atoms with Gasteiger partial charge in [0.15, 0.2) is 0 Å². The molecule has 0 aliphatic carbocycles. The first-order chi connectivity index (χ1) is 12.3. The van der Waals surface area contributed by atoms with Gasteiger partial charge in [-0.05, 0) is 55.5 Å². The summed E-state index contributed by atoms with van der Waals surface area (Å²) in [6, 6.07) is 9.86. The standard InChI is InChI=1S/C19H25N5O/c25-18(16-12-19(14-22-16)6-9-20-10-7-19)21-13-15-4-1-2-5-17(15)24-11-3-8-23-24/h1-5,8,11,16,20,22H,6-7,9-10,12-14H2,(H,21,25)/t16-/m0/s1. The summed E-state index contributed by atoms with van der Waals surface area (Å²) in [5, 5.41) is 14.2. The van der Waals surface area contributed by atoms with Gasteiger partial charge < -0.3 is 16.0 Å². The van der Waals surface area contributed by atoms with E-state index < -0.39 is 0 Å². The second-order valence-electron chi connectivity index (χ2n) is 7.18. The van der Waals surface area contributed by atoms with Crippen molar-refractivity contribution in [2.24, 2.45) is 5.41 Å². The first-order valence-electron chi connectivity index (χ1n) is 9.06. The Morgan fingerprint density at radius 2 is 2.12 bits per heavy atom. The van der Waals surface area contributed by atoms with Crippen LogP contribution in [0.25, 0.3) is 5.69 Å². The Kier molecular flexibility index (Phi) is 4.55. The number of hydrogen-bond donors (Lipinski definition) is 3. The summed E-state index contributed by atoms with van der Waals surface area (Å²) in [5.74, 6) is 0.102. The molecule has 0 saturated carbocycles. The van der Waals surface area contributed by atoms with Crippen molar-refractivity contribution in [2.45, 2.75) is 31.8 Å². The molecule has 0 bridgehead atoms. The lowest BCUT2D eigenvalue weighted by Gasteiger charge is -2.33. The molecule has 1 spiro atoms. The summed E-state index contributed by atoms with van der Waals surface area (Å²) in [6.07, 6.45) is 6.94. The second-order valence-corrected chi connectivity index (χ2v) is 7.18. The maximum Gasteiger partial charge on any atom is 0.237 e. The Morgan fingerprint density at radius 1 is 1.28 bits per heavy atom. The van der Waals surface area contributed by atoms with Gasteiger partial charge in [0.1, 0.15) is 0 Å². The smallest absolute Gasteiger partial charge is 0.237 e. The minimum Gasteiger partial charge on any atom is -0.351 e. The van der Waals surface area contributed by atoms with E-state index in [1.54, 1.807) is 6.20 Å². The van der Waals surface area contributed by atoms with Crippen molar-refractivity contribution in [3.8, 4) is 5.69 Å². The number of amides is 1. The molecular formula is C19H25N5O. The molecule has 1 aromatic heterocycles. The van der Waals surface area contributed by atoms with E-state index in [1.807, 2.05) is 41.2 Å². The van der Waals surface area contributed by atoms with Gasteiger partial charge in [-0.3, -0.25) is 4.79 Å². The number of carbonyl (C=O) groups is 1. The molecule has 2 aliphatic rings. The molecule has 2 saturated heterocycles. The highest BCUT2D eigenvalue weighted by molar-refractivity contribution is 5.82. The lowest BCUT2D eigenvalue weighted by molar-refractivity contribution is -0.123. The van der Waals surface area contributed by atoms with Gasteiger partial charge in [0.2, 0.25) is 5.91 Å². The normalized spacial score (nSPS) is 22.2. The fraction of sp³-hybridized carbons (Fsp3) is 0.474. The molecule has 3 heterocycles. The molecule has 25 heavy (non-hydrogen) atoms. The van der Waals surface area contributed by atoms with Gasteiger partial charge >= 0.3 is 0 Å². The maximum absolute atomic E-state index is 12.6. The minimum atomic E-state index is -0.0741. The van der Waals surface area contributed by atoms with Gasteiger partial charge in [-0.25, -0.2) is 4.68 Å². The molecule has 4 rings (SSSR count). The van der Waals surface area contributed by atoms with Crippen LogP contribution >= 0.6 is 0 Å². The third-order valence-corrected chi connectivity index (χ3v) is 5.54. The third-order valence-electron chi connectivity index (χ3n) is 5.54. The van der Waals surface area contributed by atoms with Crippen molar-refractivity contribution in [3.05, 3.63) is 48.3 Å². The number of carbonyl (C=O) groups excluding carboxylic acids is 1. The summed E-state index contributed by atoms with van der Waals surface area (Å²) in [7, 11) is 0. The molecule has 132 valence electrons. The zero-order valence-electron chi connectivity index (χ0n) is 14.4. The van der Waals surface area contributed by atoms with E-state index in [1.165, 1.54) is 0 Å². The Balaban J connectivity index is 1.38. The van der Waals surface area contributed by atoms with E-state index in [0.717, 1.165) is 50.1 Å². The third kappa shape index (κ3) is 3.45. The number of nitrogens with one attached hydrogen (secondary N) is 3. The number of nitrogens with zero attached hydrogens (tertiary/aromatic N) is 2. The summed E-state index contributed by atoms with van der Waals surface area (Å²) < 4.78 is 1.83. The van der Waals surface area contributed by atoms with Gasteiger partial charge in [-0.1, -0.05) is 18.2 Å². The molecule has 2 aliphatic heterocycles. The van der Waals surface area contributed by atoms with Crippen LogP contribution in [-0.2, 0) is 11.3 Å². The van der Waals surface area contributed by atoms with Crippen molar-refractivity contribution in [1.82, 2.24) is 25.7 Å². The second kappa shape index (κ2) is 6.98. The van der Waals surface area contributed by atoms with Gasteiger partial charge in [0.05, 0.1) is 11.7 Å². The summed E-state index contributed by atoms with van der Waals surface area (Å²) in [5.41, 5.74) is 2.37. The van der Waals surface area contributed by atoms with E-state index in [9.17, 15) is 4.79 Å². The predicted molar refractivity (Wildman–Crippen MR) is 96.4 cm³/mol. The number of aromatic nitrogens is 2. The van der Waals surface area contributed by atoms with Crippen LogP contribution in [-0.4, -0.2) is 41.4 Å². The maximum atomic E-state index is 12.6. The van der Waals surface area contributed by atoms with Gasteiger partial charge in [-0.2, -0.15) is 5.10 Å². The predicted octanol–water partition coefficient (Wildman–Crippen LogP) is 1.22. The number of para-hydroxylation sites is 1. The van der Waals surface area contributed by atoms with Gasteiger partial charge in [0, 0.05) is 25.5 Å². The molecular weight excluding hydrogens is 314 g/mol. The van der Waals surface area contributed by atoms with Crippen LogP contribution in [0.4, 0.5) is 0 Å². The number of piperidine rings is 1. The zero-order valence-corrected chi connectivity index (χ0v) is 14.4. The largest absolute Gasteiger partial charge is 0.351 e. The average Bonchev–Trinajstić information content (AvgIpc) is 3.31. The molecule has 3 N–H and O–H groups in total. The van der Waals surface area contributed by atoms with Crippen LogP contribution in [0.1, 0.15) is 24.8 Å². The minimum absolute atomic E-state index is 0.0741. The van der Waals surface area contributed by atoms with Gasteiger partial charge in [-0.15, -0.1) is 0 Å². The quantitative estimate of drug-likeness (QED) is 0.783. The summed E-state index contributed by atoms with van der Waals surface area (Å²) in [4.78, 5) is 12.6. The first kappa shape index (κ1) is 16.3. The van der Waals surface area contributed by atoms with Crippen LogP contribution < -0.4 is 16.0 Å². The van der Waals surface area contributed by atoms with E-state index in [0.29, 0.717) is 12.0 Å².